The highest BCUT2D eigenvalue weighted by Crippen LogP contribution is 2.37. The van der Waals surface area contributed by atoms with Gasteiger partial charge in [-0.2, -0.15) is 0 Å². The van der Waals surface area contributed by atoms with E-state index in [0.717, 1.165) is 5.56 Å². The maximum absolute atomic E-state index is 14.5. The van der Waals surface area contributed by atoms with Crippen molar-refractivity contribution < 1.29 is 13.9 Å². The van der Waals surface area contributed by atoms with Crippen molar-refractivity contribution in [2.45, 2.75) is 17.0 Å². The van der Waals surface area contributed by atoms with Crippen molar-refractivity contribution in [3.8, 4) is 17.1 Å². The molecule has 0 aliphatic heterocycles. The highest BCUT2D eigenvalue weighted by Gasteiger charge is 2.26. The minimum absolute atomic E-state index is 0.220. The van der Waals surface area contributed by atoms with Gasteiger partial charge in [-0.1, -0.05) is 60.3 Å². The van der Waals surface area contributed by atoms with E-state index in [1.165, 1.54) is 17.8 Å². The number of carbonyl (C=O) groups excluding carboxylic acids is 1. The summed E-state index contributed by atoms with van der Waals surface area (Å²) in [6.45, 7) is 4.17. The molecule has 4 aromatic rings. The summed E-state index contributed by atoms with van der Waals surface area (Å²) in [7, 11) is 1.59. The molecule has 4 rings (SSSR count). The minimum Gasteiger partial charge on any atom is -0.497 e. The number of ether oxygens (including phenoxy) is 1. The van der Waals surface area contributed by atoms with Crippen LogP contribution in [0.2, 0.25) is 0 Å². The van der Waals surface area contributed by atoms with E-state index in [0.29, 0.717) is 34.5 Å². The Hall–Kier alpha value is -3.91. The van der Waals surface area contributed by atoms with E-state index >= 15 is 0 Å². The molecule has 172 valence electrons. The molecule has 8 heteroatoms. The standard InChI is InChI=1S/C26H23FN4O2S/c1-3-17-31-24(21-11-7-8-12-22(21)27)29-30-26(31)34-23(18-9-5-4-6-10-18)25(32)28-19-13-15-20(33-2)16-14-19/h3-16,23H,1,17H2,2H3,(H,28,32). The third-order valence-corrected chi connectivity index (χ3v) is 6.30. The number of amides is 1. The van der Waals surface area contributed by atoms with E-state index in [-0.39, 0.29) is 5.91 Å². The first kappa shape index (κ1) is 23.3. The summed E-state index contributed by atoms with van der Waals surface area (Å²) in [5, 5.41) is 11.3. The lowest BCUT2D eigenvalue weighted by atomic mass is 10.1. The predicted molar refractivity (Wildman–Crippen MR) is 132 cm³/mol. The molecule has 0 fully saturated rings. The molecule has 1 atom stereocenters. The fourth-order valence-corrected chi connectivity index (χ4v) is 4.45. The average molecular weight is 475 g/mol. The van der Waals surface area contributed by atoms with Crippen LogP contribution in [-0.4, -0.2) is 27.8 Å². The number of carbonyl (C=O) groups is 1. The summed E-state index contributed by atoms with van der Waals surface area (Å²) in [5.74, 6) is 0.462. The van der Waals surface area contributed by atoms with Crippen molar-refractivity contribution in [3.05, 3.63) is 103 Å². The quantitative estimate of drug-likeness (QED) is 0.247. The molecule has 0 spiro atoms. The Balaban J connectivity index is 1.67. The van der Waals surface area contributed by atoms with Crippen LogP contribution in [0.25, 0.3) is 11.4 Å². The minimum atomic E-state index is -0.621. The van der Waals surface area contributed by atoms with Crippen molar-refractivity contribution in [2.24, 2.45) is 0 Å². The highest BCUT2D eigenvalue weighted by atomic mass is 32.2. The first-order chi connectivity index (χ1) is 16.6. The van der Waals surface area contributed by atoms with E-state index in [4.69, 9.17) is 4.74 Å². The van der Waals surface area contributed by atoms with Crippen molar-refractivity contribution in [3.63, 3.8) is 0 Å². The Morgan fingerprint density at radius 1 is 1.09 bits per heavy atom. The van der Waals surface area contributed by atoms with Crippen LogP contribution < -0.4 is 10.1 Å². The van der Waals surface area contributed by atoms with E-state index in [1.807, 2.05) is 30.3 Å². The number of halogens is 1. The molecule has 1 unspecified atom stereocenters. The Labute approximate surface area is 201 Å². The maximum atomic E-state index is 14.5. The highest BCUT2D eigenvalue weighted by molar-refractivity contribution is 8.00. The van der Waals surface area contributed by atoms with E-state index < -0.39 is 11.1 Å². The first-order valence-electron chi connectivity index (χ1n) is 10.6. The van der Waals surface area contributed by atoms with Gasteiger partial charge in [-0.25, -0.2) is 4.39 Å². The Kier molecular flexibility index (Phi) is 7.39. The third-order valence-electron chi connectivity index (χ3n) is 5.06. The summed E-state index contributed by atoms with van der Waals surface area (Å²) in [4.78, 5) is 13.4. The van der Waals surface area contributed by atoms with Gasteiger partial charge in [0, 0.05) is 12.2 Å². The van der Waals surface area contributed by atoms with Gasteiger partial charge in [-0.15, -0.1) is 16.8 Å². The Morgan fingerprint density at radius 3 is 2.47 bits per heavy atom. The van der Waals surface area contributed by atoms with Gasteiger partial charge in [0.05, 0.1) is 12.7 Å². The van der Waals surface area contributed by atoms with Gasteiger partial charge in [-0.05, 0) is 42.0 Å². The summed E-state index contributed by atoms with van der Waals surface area (Å²) >= 11 is 1.25. The zero-order valence-electron chi connectivity index (χ0n) is 18.5. The van der Waals surface area contributed by atoms with Crippen LogP contribution in [0.5, 0.6) is 5.75 Å². The van der Waals surface area contributed by atoms with Crippen LogP contribution in [0, 0.1) is 5.82 Å². The van der Waals surface area contributed by atoms with Gasteiger partial charge in [0.1, 0.15) is 16.8 Å². The third kappa shape index (κ3) is 5.18. The summed E-state index contributed by atoms with van der Waals surface area (Å²) in [6, 6.07) is 22.9. The normalized spacial score (nSPS) is 11.6. The number of anilines is 1. The molecule has 0 radical (unpaired) electrons. The lowest BCUT2D eigenvalue weighted by Gasteiger charge is -2.17. The van der Waals surface area contributed by atoms with Crippen molar-refractivity contribution >= 4 is 23.4 Å². The fourth-order valence-electron chi connectivity index (χ4n) is 3.40. The second-order valence-electron chi connectivity index (χ2n) is 7.31. The van der Waals surface area contributed by atoms with Crippen LogP contribution in [0.3, 0.4) is 0 Å². The molecular formula is C26H23FN4O2S. The van der Waals surface area contributed by atoms with Gasteiger partial charge in [0.2, 0.25) is 5.91 Å². The summed E-state index contributed by atoms with van der Waals surface area (Å²) in [5.41, 5.74) is 1.79. The molecule has 6 nitrogen and oxygen atoms in total. The number of aromatic nitrogens is 3. The van der Waals surface area contributed by atoms with Crippen LogP contribution >= 0.6 is 11.8 Å². The average Bonchev–Trinajstić information content (AvgIpc) is 3.26. The molecule has 1 amide bonds. The lowest BCUT2D eigenvalue weighted by Crippen LogP contribution is -2.19. The molecule has 34 heavy (non-hydrogen) atoms. The number of benzene rings is 3. The van der Waals surface area contributed by atoms with Gasteiger partial charge in [0.25, 0.3) is 0 Å². The number of methoxy groups -OCH3 is 1. The second-order valence-corrected chi connectivity index (χ2v) is 8.38. The van der Waals surface area contributed by atoms with Crippen molar-refractivity contribution in [1.82, 2.24) is 14.8 Å². The molecule has 1 heterocycles. The lowest BCUT2D eigenvalue weighted by molar-refractivity contribution is -0.115. The number of thioether (sulfide) groups is 1. The molecule has 3 aromatic carbocycles. The van der Waals surface area contributed by atoms with Crippen LogP contribution in [0.15, 0.2) is 96.7 Å². The first-order valence-corrected chi connectivity index (χ1v) is 11.4. The van der Waals surface area contributed by atoms with Gasteiger partial charge >= 0.3 is 0 Å². The molecule has 0 bridgehead atoms. The Bertz CT molecular complexity index is 1280. The Morgan fingerprint density at radius 2 is 1.79 bits per heavy atom. The SMILES string of the molecule is C=CCn1c(SC(C(=O)Nc2ccc(OC)cc2)c2ccccc2)nnc1-c1ccccc1F. The zero-order valence-corrected chi connectivity index (χ0v) is 19.3. The predicted octanol–water partition coefficient (Wildman–Crippen LogP) is 5.75. The number of hydrogen-bond donors (Lipinski definition) is 1. The molecule has 1 N–H and O–H groups in total. The maximum Gasteiger partial charge on any atom is 0.242 e. The van der Waals surface area contributed by atoms with E-state index in [9.17, 15) is 9.18 Å². The van der Waals surface area contributed by atoms with Gasteiger partial charge in [-0.3, -0.25) is 9.36 Å². The smallest absolute Gasteiger partial charge is 0.242 e. The second kappa shape index (κ2) is 10.8. The zero-order chi connectivity index (χ0) is 23.9. The summed E-state index contributed by atoms with van der Waals surface area (Å²) < 4.78 is 21.4. The number of allylic oxidation sites excluding steroid dienone is 1. The van der Waals surface area contributed by atoms with E-state index in [2.05, 4.69) is 22.1 Å². The monoisotopic (exact) mass is 474 g/mol. The molecule has 0 saturated heterocycles. The van der Waals surface area contributed by atoms with Crippen LogP contribution in [0.1, 0.15) is 10.8 Å². The summed E-state index contributed by atoms with van der Waals surface area (Å²) in [6.07, 6.45) is 1.69. The van der Waals surface area contributed by atoms with Crippen LogP contribution in [0.4, 0.5) is 10.1 Å². The largest absolute Gasteiger partial charge is 0.497 e. The van der Waals surface area contributed by atoms with E-state index in [1.54, 1.807) is 60.2 Å². The van der Waals surface area contributed by atoms with Gasteiger partial charge in [0.15, 0.2) is 11.0 Å². The molecule has 1 aromatic heterocycles. The molecule has 0 saturated carbocycles. The fraction of sp³-hybridized carbons (Fsp3) is 0.115. The number of rotatable bonds is 9. The van der Waals surface area contributed by atoms with Crippen LogP contribution in [-0.2, 0) is 11.3 Å². The number of nitrogens with zero attached hydrogens (tertiary/aromatic N) is 3. The molecule has 0 aliphatic carbocycles. The number of hydrogen-bond acceptors (Lipinski definition) is 5. The molecule has 0 aliphatic rings. The number of nitrogens with one attached hydrogen (secondary N) is 1. The molecular weight excluding hydrogens is 451 g/mol. The van der Waals surface area contributed by atoms with Gasteiger partial charge < -0.3 is 10.1 Å². The van der Waals surface area contributed by atoms with Crippen molar-refractivity contribution in [2.75, 3.05) is 12.4 Å². The van der Waals surface area contributed by atoms with Crippen molar-refractivity contribution in [1.29, 1.82) is 0 Å². The topological polar surface area (TPSA) is 69.0 Å².